The first kappa shape index (κ1) is 19.6. The van der Waals surface area contributed by atoms with Gasteiger partial charge in [-0.25, -0.2) is 4.98 Å². The maximum atomic E-state index is 13.4. The Balaban J connectivity index is 1.52. The SMILES string of the molecule is CCO[C@H]1C[C@H](n2cc(NC(=O)c3csc(-c4cn[nH]c4)n3)c(C(F)(F)F)n2)C1. The van der Waals surface area contributed by atoms with Crippen LogP contribution in [0.2, 0.25) is 0 Å². The number of nitrogens with one attached hydrogen (secondary N) is 2. The predicted octanol–water partition coefficient (Wildman–Crippen LogP) is 3.74. The molecule has 1 saturated carbocycles. The zero-order chi connectivity index (χ0) is 20.6. The Morgan fingerprint density at radius 3 is 2.90 bits per heavy atom. The molecule has 3 aromatic rings. The zero-order valence-corrected chi connectivity index (χ0v) is 16.0. The van der Waals surface area contributed by atoms with Gasteiger partial charge in [0.15, 0.2) is 5.69 Å². The molecule has 12 heteroatoms. The van der Waals surface area contributed by atoms with E-state index in [4.69, 9.17) is 4.74 Å². The van der Waals surface area contributed by atoms with Crippen LogP contribution in [0.4, 0.5) is 18.9 Å². The number of alkyl halides is 3. The molecule has 8 nitrogen and oxygen atoms in total. The average Bonchev–Trinajstić information content (AvgIpc) is 3.35. The molecule has 3 aromatic heterocycles. The largest absolute Gasteiger partial charge is 0.437 e. The van der Waals surface area contributed by atoms with Gasteiger partial charge in [0, 0.05) is 29.9 Å². The highest BCUT2D eigenvalue weighted by Crippen LogP contribution is 2.39. The number of hydrogen-bond acceptors (Lipinski definition) is 6. The number of carbonyl (C=O) groups excluding carboxylic acids is 1. The lowest BCUT2D eigenvalue weighted by molar-refractivity contribution is -0.141. The van der Waals surface area contributed by atoms with Crippen LogP contribution in [0, 0.1) is 0 Å². The molecule has 3 heterocycles. The Morgan fingerprint density at radius 1 is 1.45 bits per heavy atom. The molecule has 0 radical (unpaired) electrons. The fourth-order valence-corrected chi connectivity index (χ4v) is 3.85. The summed E-state index contributed by atoms with van der Waals surface area (Å²) >= 11 is 1.19. The summed E-state index contributed by atoms with van der Waals surface area (Å²) in [6, 6.07) is -0.190. The van der Waals surface area contributed by atoms with E-state index in [0.717, 1.165) is 0 Å². The summed E-state index contributed by atoms with van der Waals surface area (Å²) in [7, 11) is 0. The molecule has 0 aliphatic heterocycles. The van der Waals surface area contributed by atoms with Crippen molar-refractivity contribution in [2.75, 3.05) is 11.9 Å². The van der Waals surface area contributed by atoms with Crippen LogP contribution >= 0.6 is 11.3 Å². The van der Waals surface area contributed by atoms with Gasteiger partial charge in [-0.05, 0) is 19.8 Å². The third kappa shape index (κ3) is 4.03. The lowest BCUT2D eigenvalue weighted by Crippen LogP contribution is -2.33. The van der Waals surface area contributed by atoms with E-state index in [2.05, 4.69) is 25.6 Å². The first-order chi connectivity index (χ1) is 13.8. The standard InChI is InChI=1S/C17H17F3N6O2S/c1-2-28-11-3-10(4-11)26-7-12(14(25-26)17(18,19)20)23-15(27)13-8-29-16(24-13)9-5-21-22-6-9/h5-8,10-11H,2-4H2,1H3,(H,21,22)(H,23,27)/t10-,11-. The van der Waals surface area contributed by atoms with Crippen LogP contribution in [0.5, 0.6) is 0 Å². The van der Waals surface area contributed by atoms with Crippen molar-refractivity contribution in [2.24, 2.45) is 0 Å². The molecule has 0 unspecified atom stereocenters. The molecular formula is C17H17F3N6O2S. The number of halogens is 3. The van der Waals surface area contributed by atoms with Crippen molar-refractivity contribution in [3.8, 4) is 10.6 Å². The number of amides is 1. The van der Waals surface area contributed by atoms with Gasteiger partial charge in [0.05, 0.1) is 24.0 Å². The molecule has 4 rings (SSSR count). The van der Waals surface area contributed by atoms with E-state index in [1.807, 2.05) is 6.92 Å². The van der Waals surface area contributed by atoms with E-state index in [1.54, 1.807) is 12.4 Å². The average molecular weight is 426 g/mol. The number of H-pyrrole nitrogens is 1. The van der Waals surface area contributed by atoms with Crippen molar-refractivity contribution in [1.82, 2.24) is 25.0 Å². The Hall–Kier alpha value is -2.73. The number of nitrogens with zero attached hydrogens (tertiary/aromatic N) is 4. The summed E-state index contributed by atoms with van der Waals surface area (Å²) in [5.41, 5.74) is -0.810. The third-order valence-electron chi connectivity index (χ3n) is 4.58. The molecule has 0 saturated heterocycles. The second kappa shape index (κ2) is 7.59. The molecule has 0 spiro atoms. The number of ether oxygens (including phenoxy) is 1. The highest BCUT2D eigenvalue weighted by molar-refractivity contribution is 7.13. The molecule has 0 atom stereocenters. The van der Waals surface area contributed by atoms with Gasteiger partial charge in [-0.1, -0.05) is 0 Å². The van der Waals surface area contributed by atoms with Crippen molar-refractivity contribution >= 4 is 22.9 Å². The maximum Gasteiger partial charge on any atom is 0.437 e. The van der Waals surface area contributed by atoms with E-state index in [0.29, 0.717) is 30.0 Å². The van der Waals surface area contributed by atoms with Gasteiger partial charge in [0.1, 0.15) is 10.7 Å². The maximum absolute atomic E-state index is 13.4. The Morgan fingerprint density at radius 2 is 2.24 bits per heavy atom. The van der Waals surface area contributed by atoms with Crippen molar-refractivity contribution in [3.05, 3.63) is 35.4 Å². The summed E-state index contributed by atoms with van der Waals surface area (Å²) in [5, 5.41) is 14.4. The van der Waals surface area contributed by atoms with E-state index in [1.165, 1.54) is 27.6 Å². The third-order valence-corrected chi connectivity index (χ3v) is 5.47. The van der Waals surface area contributed by atoms with Crippen LogP contribution in [0.1, 0.15) is 42.0 Å². The van der Waals surface area contributed by atoms with Crippen molar-refractivity contribution in [2.45, 2.75) is 38.1 Å². The van der Waals surface area contributed by atoms with Crippen molar-refractivity contribution in [1.29, 1.82) is 0 Å². The van der Waals surface area contributed by atoms with E-state index < -0.39 is 17.8 Å². The summed E-state index contributed by atoms with van der Waals surface area (Å²) in [6.07, 6.45) is 0.873. The topological polar surface area (TPSA) is 97.7 Å². The lowest BCUT2D eigenvalue weighted by Gasteiger charge is -2.34. The minimum absolute atomic E-state index is 0.0205. The number of anilines is 1. The second-order valence-electron chi connectivity index (χ2n) is 6.55. The van der Waals surface area contributed by atoms with Gasteiger partial charge in [-0.2, -0.15) is 23.4 Å². The Labute approximate surface area is 167 Å². The second-order valence-corrected chi connectivity index (χ2v) is 7.41. The monoisotopic (exact) mass is 426 g/mol. The number of aromatic nitrogens is 5. The van der Waals surface area contributed by atoms with Gasteiger partial charge in [-0.3, -0.25) is 14.6 Å². The molecule has 0 bridgehead atoms. The van der Waals surface area contributed by atoms with Crippen LogP contribution in [-0.4, -0.2) is 43.6 Å². The van der Waals surface area contributed by atoms with Gasteiger partial charge in [-0.15, -0.1) is 11.3 Å². The van der Waals surface area contributed by atoms with Gasteiger partial charge >= 0.3 is 6.18 Å². The minimum atomic E-state index is -4.69. The molecule has 154 valence electrons. The molecule has 1 amide bonds. The van der Waals surface area contributed by atoms with Crippen molar-refractivity contribution < 1.29 is 22.7 Å². The molecule has 0 aromatic carbocycles. The number of aromatic amines is 1. The minimum Gasteiger partial charge on any atom is -0.378 e. The number of thiazole rings is 1. The van der Waals surface area contributed by atoms with Crippen LogP contribution in [0.15, 0.2) is 24.0 Å². The molecule has 1 aliphatic carbocycles. The van der Waals surface area contributed by atoms with Crippen molar-refractivity contribution in [3.63, 3.8) is 0 Å². The van der Waals surface area contributed by atoms with Gasteiger partial charge in [0.2, 0.25) is 0 Å². The smallest absolute Gasteiger partial charge is 0.378 e. The lowest BCUT2D eigenvalue weighted by atomic mass is 9.89. The molecule has 1 fully saturated rings. The molecule has 1 aliphatic rings. The van der Waals surface area contributed by atoms with Crippen LogP contribution < -0.4 is 5.32 Å². The van der Waals surface area contributed by atoms with Crippen LogP contribution in [0.3, 0.4) is 0 Å². The zero-order valence-electron chi connectivity index (χ0n) is 15.2. The quantitative estimate of drug-likeness (QED) is 0.626. The summed E-state index contributed by atoms with van der Waals surface area (Å²) in [6.45, 7) is 2.42. The summed E-state index contributed by atoms with van der Waals surface area (Å²) in [4.78, 5) is 16.6. The molecule has 29 heavy (non-hydrogen) atoms. The molecule has 2 N–H and O–H groups in total. The number of rotatable bonds is 6. The Bertz CT molecular complexity index is 991. The number of hydrogen-bond donors (Lipinski definition) is 2. The van der Waals surface area contributed by atoms with Crippen LogP contribution in [-0.2, 0) is 10.9 Å². The fraction of sp³-hybridized carbons (Fsp3) is 0.412. The fourth-order valence-electron chi connectivity index (χ4n) is 3.07. The first-order valence-corrected chi connectivity index (χ1v) is 9.77. The predicted molar refractivity (Wildman–Crippen MR) is 98.6 cm³/mol. The van der Waals surface area contributed by atoms with Crippen LogP contribution in [0.25, 0.3) is 10.6 Å². The van der Waals surface area contributed by atoms with E-state index in [-0.39, 0.29) is 23.5 Å². The highest BCUT2D eigenvalue weighted by Gasteiger charge is 2.40. The van der Waals surface area contributed by atoms with Gasteiger partial charge in [0.25, 0.3) is 5.91 Å². The van der Waals surface area contributed by atoms with E-state index >= 15 is 0 Å². The summed E-state index contributed by atoms with van der Waals surface area (Å²) < 4.78 is 46.9. The Kier molecular flexibility index (Phi) is 5.13. The van der Waals surface area contributed by atoms with E-state index in [9.17, 15) is 18.0 Å². The first-order valence-electron chi connectivity index (χ1n) is 8.89. The summed E-state index contributed by atoms with van der Waals surface area (Å²) in [5.74, 6) is -0.734. The van der Waals surface area contributed by atoms with Gasteiger partial charge < -0.3 is 10.1 Å². The normalized spacial score (nSPS) is 19.2. The number of carbonyl (C=O) groups is 1. The molecular weight excluding hydrogens is 409 g/mol. The highest BCUT2D eigenvalue weighted by atomic mass is 32.1.